The van der Waals surface area contributed by atoms with Crippen molar-refractivity contribution in [1.82, 2.24) is 14.0 Å². The fraction of sp³-hybridized carbons (Fsp3) is 0.455. The average molecular weight is 461 g/mol. The number of aromatic nitrogens is 2. The Morgan fingerprint density at radius 3 is 2.50 bits per heavy atom. The molecule has 0 aliphatic carbocycles. The summed E-state index contributed by atoms with van der Waals surface area (Å²) in [6.45, 7) is 2.74. The van der Waals surface area contributed by atoms with Gasteiger partial charge in [0.2, 0.25) is 11.8 Å². The lowest BCUT2D eigenvalue weighted by Crippen LogP contribution is -2.43. The molecule has 9 nitrogen and oxygen atoms in total. The summed E-state index contributed by atoms with van der Waals surface area (Å²) < 4.78 is 7.05. The third-order valence-electron chi connectivity index (χ3n) is 5.61. The fourth-order valence-corrected chi connectivity index (χ4v) is 4.56. The molecule has 1 aliphatic rings. The highest BCUT2D eigenvalue weighted by atomic mass is 32.2. The van der Waals surface area contributed by atoms with Gasteiger partial charge in [0.25, 0.3) is 5.56 Å². The van der Waals surface area contributed by atoms with Crippen LogP contribution in [0.4, 0.5) is 5.69 Å². The molecule has 0 bridgehead atoms. The predicted octanol–water partition coefficient (Wildman–Crippen LogP) is 2.01. The highest BCUT2D eigenvalue weighted by Crippen LogP contribution is 2.26. The zero-order valence-corrected chi connectivity index (χ0v) is 19.5. The van der Waals surface area contributed by atoms with Crippen LogP contribution in [0.15, 0.2) is 38.8 Å². The number of amides is 1. The van der Waals surface area contributed by atoms with Gasteiger partial charge in [-0.3, -0.25) is 18.7 Å². The number of benzene rings is 1. The third kappa shape index (κ3) is 4.90. The molecule has 1 atom stereocenters. The molecule has 1 amide bonds. The van der Waals surface area contributed by atoms with E-state index in [4.69, 9.17) is 4.74 Å². The van der Waals surface area contributed by atoms with Crippen molar-refractivity contribution in [2.45, 2.75) is 32.2 Å². The van der Waals surface area contributed by atoms with Crippen molar-refractivity contribution in [1.29, 1.82) is 0 Å². The van der Waals surface area contributed by atoms with Gasteiger partial charge in [-0.15, -0.1) is 0 Å². The van der Waals surface area contributed by atoms with Gasteiger partial charge >= 0.3 is 5.69 Å². The molecule has 2 heterocycles. The van der Waals surface area contributed by atoms with E-state index in [1.54, 1.807) is 31.4 Å². The number of aromatic hydroxyl groups is 1. The van der Waals surface area contributed by atoms with Crippen LogP contribution >= 0.6 is 11.8 Å². The molecule has 1 saturated heterocycles. The van der Waals surface area contributed by atoms with Gasteiger partial charge in [0, 0.05) is 26.7 Å². The lowest BCUT2D eigenvalue weighted by molar-refractivity contribution is -0.131. The number of ether oxygens (including phenoxy) is 1. The first-order valence-corrected chi connectivity index (χ1v) is 11.4. The Hall–Kier alpha value is -3.01. The molecular formula is C22H28N4O5S. The van der Waals surface area contributed by atoms with Gasteiger partial charge in [0.05, 0.1) is 18.6 Å². The number of methoxy groups -OCH3 is 1. The summed E-state index contributed by atoms with van der Waals surface area (Å²) in [5.41, 5.74) is -0.926. The molecule has 1 aromatic heterocycles. The number of likely N-dealkylation sites (tertiary alicyclic amines) is 1. The molecule has 0 saturated carbocycles. The minimum atomic E-state index is -0.677. The number of piperidine rings is 1. The number of nitrogens with zero attached hydrogens (tertiary/aromatic N) is 4. The van der Waals surface area contributed by atoms with Crippen molar-refractivity contribution < 1.29 is 14.6 Å². The lowest BCUT2D eigenvalue weighted by atomic mass is 10.0. The number of thioether (sulfide) groups is 1. The highest BCUT2D eigenvalue weighted by molar-refractivity contribution is 8.15. The topological polar surface area (TPSA) is 106 Å². The Balaban J connectivity index is 2.01. The molecule has 32 heavy (non-hydrogen) atoms. The minimum absolute atomic E-state index is 0.0502. The molecule has 1 aromatic carbocycles. The maximum Gasteiger partial charge on any atom is 0.333 e. The molecule has 0 unspecified atom stereocenters. The maximum absolute atomic E-state index is 12.9. The van der Waals surface area contributed by atoms with Gasteiger partial charge in [-0.05, 0) is 50.5 Å². The van der Waals surface area contributed by atoms with Crippen molar-refractivity contribution >= 4 is 28.4 Å². The van der Waals surface area contributed by atoms with Gasteiger partial charge in [-0.1, -0.05) is 11.8 Å². The van der Waals surface area contributed by atoms with Gasteiger partial charge in [0.1, 0.15) is 16.4 Å². The van der Waals surface area contributed by atoms with E-state index in [0.717, 1.165) is 40.2 Å². The van der Waals surface area contributed by atoms with Gasteiger partial charge in [-0.2, -0.15) is 0 Å². The molecule has 172 valence electrons. The van der Waals surface area contributed by atoms with Crippen LogP contribution in [0, 0.1) is 0 Å². The van der Waals surface area contributed by atoms with E-state index in [9.17, 15) is 19.5 Å². The SMILES string of the molecule is COc1ccc(N=C(SCC(=O)N2CCCC[C@H]2C)c2c(O)n(C)c(=O)n(C)c2=O)cc1. The molecule has 1 N–H and O–H groups in total. The Bertz CT molecular complexity index is 1140. The van der Waals surface area contributed by atoms with Crippen LogP contribution < -0.4 is 16.0 Å². The van der Waals surface area contributed by atoms with Gasteiger partial charge < -0.3 is 14.7 Å². The molecule has 1 aliphatic heterocycles. The van der Waals surface area contributed by atoms with Crippen LogP contribution in [-0.2, 0) is 18.9 Å². The summed E-state index contributed by atoms with van der Waals surface area (Å²) in [6, 6.07) is 7.02. The zero-order valence-electron chi connectivity index (χ0n) is 18.7. The van der Waals surface area contributed by atoms with Crippen molar-refractivity contribution in [3.05, 3.63) is 50.7 Å². The number of rotatable bonds is 5. The maximum atomic E-state index is 12.9. The van der Waals surface area contributed by atoms with Gasteiger partial charge in [0.15, 0.2) is 0 Å². The van der Waals surface area contributed by atoms with Crippen molar-refractivity contribution in [2.24, 2.45) is 19.1 Å². The van der Waals surface area contributed by atoms with E-state index >= 15 is 0 Å². The van der Waals surface area contributed by atoms with Crippen LogP contribution in [0.25, 0.3) is 0 Å². The van der Waals surface area contributed by atoms with Gasteiger partial charge in [-0.25, -0.2) is 9.79 Å². The van der Waals surface area contributed by atoms with E-state index in [-0.39, 0.29) is 28.3 Å². The third-order valence-corrected chi connectivity index (χ3v) is 6.57. The zero-order chi connectivity index (χ0) is 23.4. The first-order chi connectivity index (χ1) is 15.2. The number of hydrogen-bond acceptors (Lipinski definition) is 7. The summed E-state index contributed by atoms with van der Waals surface area (Å²) in [5, 5.41) is 10.8. The summed E-state index contributed by atoms with van der Waals surface area (Å²) >= 11 is 1.07. The second kappa shape index (κ2) is 10.1. The van der Waals surface area contributed by atoms with Crippen molar-refractivity contribution in [2.75, 3.05) is 19.4 Å². The smallest absolute Gasteiger partial charge is 0.333 e. The number of aliphatic imine (C=N–C) groups is 1. The van der Waals surface area contributed by atoms with Crippen LogP contribution in [0.3, 0.4) is 0 Å². The number of carbonyl (C=O) groups is 1. The summed E-state index contributed by atoms with van der Waals surface area (Å²) in [7, 11) is 4.26. The normalized spacial score (nSPS) is 16.8. The van der Waals surface area contributed by atoms with Crippen LogP contribution in [0.1, 0.15) is 31.7 Å². The number of hydrogen-bond donors (Lipinski definition) is 1. The van der Waals surface area contributed by atoms with Crippen LogP contribution in [0.5, 0.6) is 11.6 Å². The Labute approximate surface area is 190 Å². The summed E-state index contributed by atoms with van der Waals surface area (Å²) in [6.07, 6.45) is 3.03. The standard InChI is InChI=1S/C22H28N4O5S/c1-14-7-5-6-12-26(14)17(27)13-32-19(23-15-8-10-16(31-4)11-9-15)18-20(28)24(2)22(30)25(3)21(18)29/h8-11,14,28H,5-7,12-13H2,1-4H3/t14-/m1/s1. The molecule has 0 spiro atoms. The van der Waals surface area contributed by atoms with E-state index in [0.29, 0.717) is 18.0 Å². The quantitative estimate of drug-likeness (QED) is 0.541. The molecule has 3 rings (SSSR count). The Kier molecular flexibility index (Phi) is 7.44. The van der Waals surface area contributed by atoms with E-state index in [1.165, 1.54) is 14.1 Å². The summed E-state index contributed by atoms with van der Waals surface area (Å²) in [5.74, 6) is 0.167. The Morgan fingerprint density at radius 1 is 1.19 bits per heavy atom. The number of carbonyl (C=O) groups excluding carboxylic acids is 1. The molecule has 10 heteroatoms. The predicted molar refractivity (Wildman–Crippen MR) is 125 cm³/mol. The second-order valence-electron chi connectivity index (χ2n) is 7.74. The monoisotopic (exact) mass is 460 g/mol. The summed E-state index contributed by atoms with van der Waals surface area (Å²) in [4.78, 5) is 44.3. The average Bonchev–Trinajstić information content (AvgIpc) is 2.80. The fourth-order valence-electron chi connectivity index (χ4n) is 3.64. The van der Waals surface area contributed by atoms with E-state index in [1.807, 2.05) is 11.8 Å². The van der Waals surface area contributed by atoms with Crippen molar-refractivity contribution in [3.8, 4) is 11.6 Å². The van der Waals surface area contributed by atoms with Crippen molar-refractivity contribution in [3.63, 3.8) is 0 Å². The van der Waals surface area contributed by atoms with E-state index < -0.39 is 17.1 Å². The van der Waals surface area contributed by atoms with Crippen LogP contribution in [-0.4, -0.2) is 55.5 Å². The Morgan fingerprint density at radius 2 is 1.88 bits per heavy atom. The first-order valence-electron chi connectivity index (χ1n) is 10.4. The first kappa shape index (κ1) is 23.6. The van der Waals surface area contributed by atoms with Crippen LogP contribution in [0.2, 0.25) is 0 Å². The molecule has 2 aromatic rings. The van der Waals surface area contributed by atoms with E-state index in [2.05, 4.69) is 4.99 Å². The highest BCUT2D eigenvalue weighted by Gasteiger charge is 2.26. The molecule has 0 radical (unpaired) electrons. The largest absolute Gasteiger partial charge is 0.497 e. The molecular weight excluding hydrogens is 432 g/mol. The second-order valence-corrected chi connectivity index (χ2v) is 8.70. The molecule has 1 fully saturated rings. The minimum Gasteiger partial charge on any atom is -0.497 e. The lowest BCUT2D eigenvalue weighted by Gasteiger charge is -2.33.